The van der Waals surface area contributed by atoms with Gasteiger partial charge in [0.1, 0.15) is 33.5 Å². The van der Waals surface area contributed by atoms with E-state index in [0.29, 0.717) is 17.5 Å². The highest BCUT2D eigenvalue weighted by molar-refractivity contribution is 6.15. The minimum Gasteiger partial charge on any atom is -0.456 e. The second kappa shape index (κ2) is 10.7. The van der Waals surface area contributed by atoms with Crippen LogP contribution in [0.3, 0.4) is 0 Å². The van der Waals surface area contributed by atoms with E-state index in [-0.39, 0.29) is 0 Å². The zero-order valence-electron chi connectivity index (χ0n) is 27.0. The third-order valence-electron chi connectivity index (χ3n) is 9.75. The predicted molar refractivity (Wildman–Crippen MR) is 203 cm³/mol. The lowest BCUT2D eigenvalue weighted by molar-refractivity contribution is 0.668. The number of benzene rings is 7. The van der Waals surface area contributed by atoms with Crippen molar-refractivity contribution in [2.45, 2.75) is 0 Å². The Morgan fingerprint density at radius 2 is 0.863 bits per heavy atom. The first kappa shape index (κ1) is 27.9. The Hall–Kier alpha value is -7.05. The van der Waals surface area contributed by atoms with Gasteiger partial charge < -0.3 is 13.3 Å². The van der Waals surface area contributed by atoms with Gasteiger partial charge in [-0.15, -0.1) is 0 Å². The van der Waals surface area contributed by atoms with Gasteiger partial charge in [-0.1, -0.05) is 97.1 Å². The molecule has 6 nitrogen and oxygen atoms in total. The van der Waals surface area contributed by atoms with Crippen LogP contribution in [0.1, 0.15) is 0 Å². The fraction of sp³-hybridized carbons (Fsp3) is 0. The third-order valence-corrected chi connectivity index (χ3v) is 9.75. The number of para-hydroxylation sites is 3. The predicted octanol–water partition coefficient (Wildman–Crippen LogP) is 12.2. The standard InChI is InChI=1S/C45H25N3O3/c1-2-10-26(11-3-1)43-46-44(28-21-23-38-34(25-28)30-12-4-6-17-36(30)49-38)48-45(47-43)33-16-8-15-31-35-24-27(20-22-39(35)51-42(31)33)29-14-9-19-40-41(29)32-13-5-7-18-37(32)50-40/h1-25H. The fourth-order valence-electron chi connectivity index (χ4n) is 7.36. The topological polar surface area (TPSA) is 78.1 Å². The molecule has 51 heavy (non-hydrogen) atoms. The van der Waals surface area contributed by atoms with Crippen LogP contribution in [0.4, 0.5) is 0 Å². The molecule has 0 saturated heterocycles. The number of rotatable bonds is 4. The Morgan fingerprint density at radius 3 is 1.73 bits per heavy atom. The second-order valence-corrected chi connectivity index (χ2v) is 12.8. The summed E-state index contributed by atoms with van der Waals surface area (Å²) < 4.78 is 18.9. The van der Waals surface area contributed by atoms with Crippen molar-refractivity contribution >= 4 is 65.8 Å². The van der Waals surface area contributed by atoms with E-state index in [1.54, 1.807) is 0 Å². The molecule has 7 aromatic carbocycles. The van der Waals surface area contributed by atoms with E-state index in [2.05, 4.69) is 48.5 Å². The molecule has 238 valence electrons. The number of aromatic nitrogens is 3. The lowest BCUT2D eigenvalue weighted by Crippen LogP contribution is -2.00. The average molecular weight is 656 g/mol. The van der Waals surface area contributed by atoms with Crippen LogP contribution in [0.15, 0.2) is 165 Å². The molecule has 0 unspecified atom stereocenters. The summed E-state index contributed by atoms with van der Waals surface area (Å²) in [5.41, 5.74) is 9.70. The average Bonchev–Trinajstić information content (AvgIpc) is 3.88. The van der Waals surface area contributed by atoms with Crippen molar-refractivity contribution in [2.75, 3.05) is 0 Å². The Bertz CT molecular complexity index is 3150. The van der Waals surface area contributed by atoms with Crippen molar-refractivity contribution < 1.29 is 13.3 Å². The summed E-state index contributed by atoms with van der Waals surface area (Å²) in [5, 5.41) is 6.28. The van der Waals surface area contributed by atoms with E-state index in [9.17, 15) is 0 Å². The Kier molecular flexibility index (Phi) is 5.86. The molecule has 0 N–H and O–H groups in total. The first-order valence-electron chi connectivity index (χ1n) is 16.8. The molecular formula is C45H25N3O3. The molecular weight excluding hydrogens is 631 g/mol. The van der Waals surface area contributed by atoms with E-state index >= 15 is 0 Å². The van der Waals surface area contributed by atoms with E-state index in [0.717, 1.165) is 93.6 Å². The molecule has 0 aliphatic rings. The van der Waals surface area contributed by atoms with Crippen LogP contribution in [-0.4, -0.2) is 15.0 Å². The van der Waals surface area contributed by atoms with Crippen LogP contribution < -0.4 is 0 Å². The van der Waals surface area contributed by atoms with Crippen molar-refractivity contribution in [3.05, 3.63) is 152 Å². The minimum absolute atomic E-state index is 0.538. The summed E-state index contributed by atoms with van der Waals surface area (Å²) in [6.45, 7) is 0. The van der Waals surface area contributed by atoms with Crippen molar-refractivity contribution in [2.24, 2.45) is 0 Å². The smallest absolute Gasteiger partial charge is 0.167 e. The largest absolute Gasteiger partial charge is 0.456 e. The second-order valence-electron chi connectivity index (χ2n) is 12.8. The molecule has 11 rings (SSSR count). The number of fused-ring (bicyclic) bond motifs is 9. The van der Waals surface area contributed by atoms with Gasteiger partial charge in [0, 0.05) is 43.4 Å². The summed E-state index contributed by atoms with van der Waals surface area (Å²) in [5.74, 6) is 1.70. The number of furan rings is 3. The molecule has 0 saturated carbocycles. The van der Waals surface area contributed by atoms with Gasteiger partial charge in [-0.25, -0.2) is 15.0 Å². The van der Waals surface area contributed by atoms with Crippen molar-refractivity contribution in [1.29, 1.82) is 0 Å². The first-order chi connectivity index (χ1) is 25.2. The normalized spacial score (nSPS) is 11.9. The Morgan fingerprint density at radius 1 is 0.314 bits per heavy atom. The molecule has 4 heterocycles. The monoisotopic (exact) mass is 655 g/mol. The Balaban J connectivity index is 1.10. The molecule has 0 aliphatic heterocycles. The lowest BCUT2D eigenvalue weighted by Gasteiger charge is -2.09. The molecule has 0 amide bonds. The van der Waals surface area contributed by atoms with Crippen LogP contribution >= 0.6 is 0 Å². The van der Waals surface area contributed by atoms with E-state index in [1.165, 1.54) is 0 Å². The van der Waals surface area contributed by atoms with Gasteiger partial charge in [-0.2, -0.15) is 0 Å². The van der Waals surface area contributed by atoms with E-state index < -0.39 is 0 Å². The van der Waals surface area contributed by atoms with Crippen LogP contribution in [0, 0.1) is 0 Å². The highest BCUT2D eigenvalue weighted by Gasteiger charge is 2.20. The van der Waals surface area contributed by atoms with Gasteiger partial charge in [0.05, 0.1) is 5.56 Å². The molecule has 0 radical (unpaired) electrons. The third kappa shape index (κ3) is 4.33. The van der Waals surface area contributed by atoms with Gasteiger partial charge in [0.2, 0.25) is 0 Å². The van der Waals surface area contributed by atoms with Gasteiger partial charge in [0.25, 0.3) is 0 Å². The molecule has 0 aliphatic carbocycles. The van der Waals surface area contributed by atoms with Gasteiger partial charge >= 0.3 is 0 Å². The van der Waals surface area contributed by atoms with E-state index in [4.69, 9.17) is 28.2 Å². The zero-order valence-corrected chi connectivity index (χ0v) is 27.0. The van der Waals surface area contributed by atoms with Gasteiger partial charge in [0.15, 0.2) is 17.5 Å². The number of hydrogen-bond acceptors (Lipinski definition) is 6. The highest BCUT2D eigenvalue weighted by Crippen LogP contribution is 2.41. The number of nitrogens with zero attached hydrogens (tertiary/aromatic N) is 3. The minimum atomic E-state index is 0.538. The number of hydrogen-bond donors (Lipinski definition) is 0. The lowest BCUT2D eigenvalue weighted by atomic mass is 9.97. The molecule has 4 aromatic heterocycles. The summed E-state index contributed by atoms with van der Waals surface area (Å²) in [6, 6.07) is 51.1. The van der Waals surface area contributed by atoms with Crippen molar-refractivity contribution in [1.82, 2.24) is 15.0 Å². The molecule has 0 fully saturated rings. The maximum absolute atomic E-state index is 6.63. The summed E-state index contributed by atoms with van der Waals surface area (Å²) in [4.78, 5) is 15.1. The molecule has 0 bridgehead atoms. The summed E-state index contributed by atoms with van der Waals surface area (Å²) >= 11 is 0. The zero-order chi connectivity index (χ0) is 33.5. The molecule has 0 spiro atoms. The van der Waals surface area contributed by atoms with Crippen molar-refractivity contribution in [3.63, 3.8) is 0 Å². The Labute approximate surface area is 290 Å². The molecule has 11 aromatic rings. The first-order valence-corrected chi connectivity index (χ1v) is 16.8. The van der Waals surface area contributed by atoms with Crippen LogP contribution in [0.25, 0.3) is 111 Å². The molecule has 6 heteroatoms. The summed E-state index contributed by atoms with van der Waals surface area (Å²) in [6.07, 6.45) is 0. The quantitative estimate of drug-likeness (QED) is 0.188. The summed E-state index contributed by atoms with van der Waals surface area (Å²) in [7, 11) is 0. The molecule has 0 atom stereocenters. The van der Waals surface area contributed by atoms with Gasteiger partial charge in [-0.05, 0) is 65.7 Å². The maximum Gasteiger partial charge on any atom is 0.167 e. The SMILES string of the molecule is c1ccc(-c2nc(-c3ccc4oc5ccccc5c4c3)nc(-c3cccc4c3oc3ccc(-c5cccc6oc7ccccc7c56)cc34)n2)cc1. The van der Waals surface area contributed by atoms with Gasteiger partial charge in [-0.3, -0.25) is 0 Å². The van der Waals surface area contributed by atoms with Crippen LogP contribution in [-0.2, 0) is 0 Å². The highest BCUT2D eigenvalue weighted by atomic mass is 16.3. The van der Waals surface area contributed by atoms with Crippen LogP contribution in [0.5, 0.6) is 0 Å². The fourth-order valence-corrected chi connectivity index (χ4v) is 7.36. The van der Waals surface area contributed by atoms with Crippen LogP contribution in [0.2, 0.25) is 0 Å². The van der Waals surface area contributed by atoms with E-state index in [1.807, 2.05) is 103 Å². The maximum atomic E-state index is 6.63. The van der Waals surface area contributed by atoms with Crippen molar-refractivity contribution in [3.8, 4) is 45.3 Å².